The number of hydrogen-bond donors (Lipinski definition) is 1. The van der Waals surface area contributed by atoms with Gasteiger partial charge < -0.3 is 19.9 Å². The topological polar surface area (TPSA) is 77.6 Å². The van der Waals surface area contributed by atoms with Gasteiger partial charge in [0.2, 0.25) is 5.91 Å². The SMILES string of the molecule is CN(CCOC(=O)c1cc(C(N)=O)cn1C)c1ccccc1. The van der Waals surface area contributed by atoms with Crippen molar-refractivity contribution in [1.82, 2.24) is 4.57 Å². The molecule has 22 heavy (non-hydrogen) atoms. The fraction of sp³-hybridized carbons (Fsp3) is 0.250. The summed E-state index contributed by atoms with van der Waals surface area (Å²) in [6, 6.07) is 11.3. The van der Waals surface area contributed by atoms with E-state index in [4.69, 9.17) is 10.5 Å². The van der Waals surface area contributed by atoms with E-state index in [1.54, 1.807) is 7.05 Å². The van der Waals surface area contributed by atoms with E-state index in [0.29, 0.717) is 12.2 Å². The number of primary amides is 1. The Bertz CT molecular complexity index is 665. The molecule has 1 amide bonds. The van der Waals surface area contributed by atoms with Crippen LogP contribution in [0.4, 0.5) is 5.69 Å². The molecule has 1 aromatic heterocycles. The number of aryl methyl sites for hydroxylation is 1. The van der Waals surface area contributed by atoms with Gasteiger partial charge in [-0.1, -0.05) is 18.2 Å². The number of anilines is 1. The average molecular weight is 301 g/mol. The number of likely N-dealkylation sites (N-methyl/N-ethyl adjacent to an activating group) is 1. The zero-order valence-corrected chi connectivity index (χ0v) is 12.7. The quantitative estimate of drug-likeness (QED) is 0.819. The van der Waals surface area contributed by atoms with Crippen LogP contribution in [0.25, 0.3) is 0 Å². The average Bonchev–Trinajstić information content (AvgIpc) is 2.90. The maximum Gasteiger partial charge on any atom is 0.355 e. The van der Waals surface area contributed by atoms with Gasteiger partial charge >= 0.3 is 5.97 Å². The maximum atomic E-state index is 12.0. The highest BCUT2D eigenvalue weighted by atomic mass is 16.5. The standard InChI is InChI=1S/C16H19N3O3/c1-18(13-6-4-3-5-7-13)8-9-22-16(21)14-10-12(15(17)20)11-19(14)2/h3-7,10-11H,8-9H2,1-2H3,(H2,17,20). The molecule has 6 heteroatoms. The third kappa shape index (κ3) is 3.66. The van der Waals surface area contributed by atoms with E-state index in [1.807, 2.05) is 42.3 Å². The number of carbonyl (C=O) groups excluding carboxylic acids is 2. The first-order valence-electron chi connectivity index (χ1n) is 6.88. The lowest BCUT2D eigenvalue weighted by atomic mass is 10.3. The second-order valence-electron chi connectivity index (χ2n) is 4.98. The lowest BCUT2D eigenvalue weighted by Gasteiger charge is -2.18. The number of nitrogens with two attached hydrogens (primary N) is 1. The van der Waals surface area contributed by atoms with Crippen LogP contribution in [0.1, 0.15) is 20.8 Å². The van der Waals surface area contributed by atoms with Gasteiger partial charge in [0.15, 0.2) is 0 Å². The highest BCUT2D eigenvalue weighted by Crippen LogP contribution is 2.11. The van der Waals surface area contributed by atoms with Crippen LogP contribution in [0.3, 0.4) is 0 Å². The number of carbonyl (C=O) groups is 2. The first kappa shape index (κ1) is 15.6. The zero-order chi connectivity index (χ0) is 16.1. The number of esters is 1. The van der Waals surface area contributed by atoms with E-state index in [1.165, 1.54) is 16.8 Å². The Labute approximate surface area is 129 Å². The summed E-state index contributed by atoms with van der Waals surface area (Å²) in [5.74, 6) is -1.05. The number of aromatic nitrogens is 1. The fourth-order valence-electron chi connectivity index (χ4n) is 2.06. The first-order valence-corrected chi connectivity index (χ1v) is 6.88. The van der Waals surface area contributed by atoms with E-state index in [2.05, 4.69) is 0 Å². The van der Waals surface area contributed by atoms with Gasteiger partial charge in [-0.3, -0.25) is 4.79 Å². The Hall–Kier alpha value is -2.76. The van der Waals surface area contributed by atoms with Crippen molar-refractivity contribution < 1.29 is 14.3 Å². The molecule has 1 aromatic carbocycles. The van der Waals surface area contributed by atoms with Gasteiger partial charge in [0, 0.05) is 26.0 Å². The smallest absolute Gasteiger partial charge is 0.355 e. The Morgan fingerprint density at radius 3 is 2.55 bits per heavy atom. The number of para-hydroxylation sites is 1. The molecule has 2 aromatic rings. The highest BCUT2D eigenvalue weighted by molar-refractivity contribution is 5.96. The molecule has 0 radical (unpaired) electrons. The second kappa shape index (κ2) is 6.80. The molecule has 116 valence electrons. The minimum Gasteiger partial charge on any atom is -0.459 e. The van der Waals surface area contributed by atoms with Crippen molar-refractivity contribution in [1.29, 1.82) is 0 Å². The summed E-state index contributed by atoms with van der Waals surface area (Å²) in [5, 5.41) is 0. The van der Waals surface area contributed by atoms with Gasteiger partial charge in [-0.25, -0.2) is 4.79 Å². The predicted octanol–water partition coefficient (Wildman–Crippen LogP) is 1.42. The Morgan fingerprint density at radius 1 is 1.27 bits per heavy atom. The monoisotopic (exact) mass is 301 g/mol. The van der Waals surface area contributed by atoms with Crippen LogP contribution in [-0.2, 0) is 11.8 Å². The Balaban J connectivity index is 1.89. The highest BCUT2D eigenvalue weighted by Gasteiger charge is 2.15. The fourth-order valence-corrected chi connectivity index (χ4v) is 2.06. The van der Waals surface area contributed by atoms with Crippen molar-refractivity contribution in [3.8, 4) is 0 Å². The lowest BCUT2D eigenvalue weighted by molar-refractivity contribution is 0.0505. The number of hydrogen-bond acceptors (Lipinski definition) is 4. The van der Waals surface area contributed by atoms with Gasteiger partial charge in [0.05, 0.1) is 12.1 Å². The van der Waals surface area contributed by atoms with Crippen LogP contribution in [0, 0.1) is 0 Å². The summed E-state index contributed by atoms with van der Waals surface area (Å²) in [5.41, 5.74) is 6.83. The van der Waals surface area contributed by atoms with Crippen molar-refractivity contribution in [3.05, 3.63) is 53.9 Å². The summed E-state index contributed by atoms with van der Waals surface area (Å²) in [6.07, 6.45) is 1.51. The van der Waals surface area contributed by atoms with Crippen LogP contribution in [0.15, 0.2) is 42.6 Å². The molecule has 0 atom stereocenters. The van der Waals surface area contributed by atoms with Gasteiger partial charge in [-0.05, 0) is 18.2 Å². The molecule has 1 heterocycles. The minimum atomic E-state index is -0.571. The van der Waals surface area contributed by atoms with Crippen LogP contribution in [0.2, 0.25) is 0 Å². The summed E-state index contributed by atoms with van der Waals surface area (Å²) >= 11 is 0. The first-order chi connectivity index (χ1) is 10.5. The lowest BCUT2D eigenvalue weighted by Crippen LogP contribution is -2.24. The van der Waals surface area contributed by atoms with Gasteiger partial charge in [-0.2, -0.15) is 0 Å². The van der Waals surface area contributed by atoms with E-state index in [9.17, 15) is 9.59 Å². The van der Waals surface area contributed by atoms with Crippen LogP contribution in [0.5, 0.6) is 0 Å². The van der Waals surface area contributed by atoms with Crippen LogP contribution < -0.4 is 10.6 Å². The van der Waals surface area contributed by atoms with Crippen molar-refractivity contribution in [2.45, 2.75) is 0 Å². The third-order valence-electron chi connectivity index (χ3n) is 3.36. The van der Waals surface area contributed by atoms with Crippen molar-refractivity contribution in [2.24, 2.45) is 12.8 Å². The largest absolute Gasteiger partial charge is 0.459 e. The molecule has 0 bridgehead atoms. The van der Waals surface area contributed by atoms with Crippen molar-refractivity contribution >= 4 is 17.6 Å². The second-order valence-corrected chi connectivity index (χ2v) is 4.98. The zero-order valence-electron chi connectivity index (χ0n) is 12.7. The molecule has 0 saturated heterocycles. The molecule has 0 fully saturated rings. The van der Waals surface area contributed by atoms with E-state index < -0.39 is 11.9 Å². The number of amides is 1. The molecular formula is C16H19N3O3. The Morgan fingerprint density at radius 2 is 1.95 bits per heavy atom. The Kier molecular flexibility index (Phi) is 4.83. The third-order valence-corrected chi connectivity index (χ3v) is 3.36. The summed E-state index contributed by atoms with van der Waals surface area (Å²) in [4.78, 5) is 25.1. The molecule has 0 saturated carbocycles. The van der Waals surface area contributed by atoms with Gasteiger partial charge in [-0.15, -0.1) is 0 Å². The summed E-state index contributed by atoms with van der Waals surface area (Å²) in [7, 11) is 3.59. The van der Waals surface area contributed by atoms with Gasteiger partial charge in [0.25, 0.3) is 0 Å². The van der Waals surface area contributed by atoms with Crippen LogP contribution in [-0.4, -0.2) is 36.6 Å². The molecule has 0 spiro atoms. The van der Waals surface area contributed by atoms with E-state index in [-0.39, 0.29) is 12.2 Å². The van der Waals surface area contributed by atoms with E-state index in [0.717, 1.165) is 5.69 Å². The molecule has 6 nitrogen and oxygen atoms in total. The number of benzene rings is 1. The molecule has 0 unspecified atom stereocenters. The maximum absolute atomic E-state index is 12.0. The summed E-state index contributed by atoms with van der Waals surface area (Å²) in [6.45, 7) is 0.824. The molecule has 0 aliphatic carbocycles. The number of nitrogens with zero attached hydrogens (tertiary/aromatic N) is 2. The molecule has 0 aliphatic rings. The molecular weight excluding hydrogens is 282 g/mol. The van der Waals surface area contributed by atoms with Gasteiger partial charge in [0.1, 0.15) is 12.3 Å². The molecule has 2 N–H and O–H groups in total. The van der Waals surface area contributed by atoms with Crippen LogP contribution >= 0.6 is 0 Å². The van der Waals surface area contributed by atoms with E-state index >= 15 is 0 Å². The normalized spacial score (nSPS) is 10.3. The molecule has 0 aliphatic heterocycles. The summed E-state index contributed by atoms with van der Waals surface area (Å²) < 4.78 is 6.77. The van der Waals surface area contributed by atoms with Crippen molar-refractivity contribution in [2.75, 3.05) is 25.1 Å². The minimum absolute atomic E-state index is 0.251. The molecule has 2 rings (SSSR count). The van der Waals surface area contributed by atoms with Crippen molar-refractivity contribution in [3.63, 3.8) is 0 Å². The predicted molar refractivity (Wildman–Crippen MR) is 83.9 cm³/mol. The number of ether oxygens (including phenoxy) is 1. The number of rotatable bonds is 6.